The van der Waals surface area contributed by atoms with Gasteiger partial charge in [-0.15, -0.1) is 0 Å². The Hall–Kier alpha value is -1.52. The molecule has 0 fully saturated rings. The number of benzene rings is 2. The second-order valence-electron chi connectivity index (χ2n) is 4.19. The van der Waals surface area contributed by atoms with Gasteiger partial charge in [0.15, 0.2) is 0 Å². The van der Waals surface area contributed by atoms with Gasteiger partial charge in [0.1, 0.15) is 11.6 Å². The highest BCUT2D eigenvalue weighted by molar-refractivity contribution is 7.99. The van der Waals surface area contributed by atoms with E-state index in [9.17, 15) is 4.39 Å². The molecule has 2 N–H and O–H groups in total. The molecule has 0 aliphatic heterocycles. The molecule has 0 radical (unpaired) electrons. The van der Waals surface area contributed by atoms with Crippen LogP contribution in [-0.2, 0) is 0 Å². The van der Waals surface area contributed by atoms with Gasteiger partial charge in [0, 0.05) is 16.5 Å². The van der Waals surface area contributed by atoms with Gasteiger partial charge in [-0.1, -0.05) is 30.0 Å². The topological polar surface area (TPSA) is 35.2 Å². The molecule has 0 amide bonds. The molecule has 100 valence electrons. The molecule has 2 rings (SSSR count). The van der Waals surface area contributed by atoms with Crippen molar-refractivity contribution in [2.75, 3.05) is 7.11 Å². The molecule has 0 aromatic heterocycles. The lowest BCUT2D eigenvalue weighted by molar-refractivity contribution is 0.405. The van der Waals surface area contributed by atoms with Gasteiger partial charge >= 0.3 is 0 Å². The van der Waals surface area contributed by atoms with Gasteiger partial charge in [-0.25, -0.2) is 4.39 Å². The summed E-state index contributed by atoms with van der Waals surface area (Å²) in [7, 11) is 1.62. The fourth-order valence-electron chi connectivity index (χ4n) is 1.87. The largest absolute Gasteiger partial charge is 0.496 e. The quantitative estimate of drug-likeness (QED) is 0.917. The van der Waals surface area contributed by atoms with Crippen molar-refractivity contribution in [3.8, 4) is 5.75 Å². The summed E-state index contributed by atoms with van der Waals surface area (Å²) in [5.74, 6) is 0.502. The van der Waals surface area contributed by atoms with Crippen molar-refractivity contribution in [2.45, 2.75) is 22.8 Å². The minimum absolute atomic E-state index is 0.269. The summed E-state index contributed by atoms with van der Waals surface area (Å²) in [6, 6.07) is 12.3. The number of para-hydroxylation sites is 1. The maximum atomic E-state index is 13.9. The van der Waals surface area contributed by atoms with E-state index < -0.39 is 0 Å². The summed E-state index contributed by atoms with van der Waals surface area (Å²) in [5, 5.41) is 0. The van der Waals surface area contributed by atoms with E-state index >= 15 is 0 Å². The molecule has 0 saturated carbocycles. The molecule has 1 atom stereocenters. The first kappa shape index (κ1) is 13.9. The normalized spacial score (nSPS) is 12.2. The second kappa shape index (κ2) is 6.08. The van der Waals surface area contributed by atoms with Gasteiger partial charge in [-0.3, -0.25) is 0 Å². The lowest BCUT2D eigenvalue weighted by atomic mass is 10.1. The van der Waals surface area contributed by atoms with E-state index in [1.54, 1.807) is 20.1 Å². The van der Waals surface area contributed by atoms with E-state index in [1.807, 2.05) is 30.3 Å². The third-order valence-electron chi connectivity index (χ3n) is 2.76. The molecule has 4 heteroatoms. The molecule has 0 aliphatic rings. The monoisotopic (exact) mass is 277 g/mol. The molecule has 2 aromatic carbocycles. The van der Waals surface area contributed by atoms with Gasteiger partial charge in [0.2, 0.25) is 0 Å². The molecule has 0 aliphatic carbocycles. The van der Waals surface area contributed by atoms with Crippen LogP contribution in [0.25, 0.3) is 0 Å². The van der Waals surface area contributed by atoms with Gasteiger partial charge < -0.3 is 10.5 Å². The fourth-order valence-corrected chi connectivity index (χ4v) is 3.05. The minimum Gasteiger partial charge on any atom is -0.496 e. The third-order valence-corrected chi connectivity index (χ3v) is 3.89. The molecule has 0 unspecified atom stereocenters. The molecule has 0 bridgehead atoms. The van der Waals surface area contributed by atoms with Crippen molar-refractivity contribution in [1.29, 1.82) is 0 Å². The molecule has 2 aromatic rings. The number of hydrogen-bond acceptors (Lipinski definition) is 3. The highest BCUT2D eigenvalue weighted by atomic mass is 32.2. The van der Waals surface area contributed by atoms with E-state index in [0.29, 0.717) is 5.56 Å². The Morgan fingerprint density at radius 3 is 2.47 bits per heavy atom. The highest BCUT2D eigenvalue weighted by Crippen LogP contribution is 2.38. The first-order chi connectivity index (χ1) is 9.13. The molecule has 2 nitrogen and oxygen atoms in total. The van der Waals surface area contributed by atoms with E-state index in [-0.39, 0.29) is 11.9 Å². The van der Waals surface area contributed by atoms with Crippen molar-refractivity contribution < 1.29 is 9.13 Å². The van der Waals surface area contributed by atoms with Gasteiger partial charge in [0.25, 0.3) is 0 Å². The highest BCUT2D eigenvalue weighted by Gasteiger charge is 2.14. The summed E-state index contributed by atoms with van der Waals surface area (Å²) in [6.07, 6.45) is 0. The lowest BCUT2D eigenvalue weighted by Gasteiger charge is -2.14. The predicted octanol–water partition coefficient (Wildman–Crippen LogP) is 4.01. The lowest BCUT2D eigenvalue weighted by Crippen LogP contribution is -2.08. The summed E-state index contributed by atoms with van der Waals surface area (Å²) < 4.78 is 19.2. The predicted molar refractivity (Wildman–Crippen MR) is 76.1 cm³/mol. The number of ether oxygens (including phenoxy) is 1. The van der Waals surface area contributed by atoms with Crippen LogP contribution in [-0.4, -0.2) is 7.11 Å². The van der Waals surface area contributed by atoms with Crippen LogP contribution in [0.3, 0.4) is 0 Å². The zero-order chi connectivity index (χ0) is 13.8. The van der Waals surface area contributed by atoms with Crippen molar-refractivity contribution in [2.24, 2.45) is 5.73 Å². The zero-order valence-electron chi connectivity index (χ0n) is 10.9. The Balaban J connectivity index is 2.41. The Kier molecular flexibility index (Phi) is 4.45. The van der Waals surface area contributed by atoms with E-state index in [2.05, 4.69) is 0 Å². The fraction of sp³-hybridized carbons (Fsp3) is 0.200. The molecule has 0 saturated heterocycles. The van der Waals surface area contributed by atoms with Crippen LogP contribution in [0.2, 0.25) is 0 Å². The van der Waals surface area contributed by atoms with Gasteiger partial charge in [-0.05, 0) is 31.2 Å². The molecule has 0 heterocycles. The average molecular weight is 277 g/mol. The van der Waals surface area contributed by atoms with Crippen LogP contribution >= 0.6 is 11.8 Å². The van der Waals surface area contributed by atoms with Crippen molar-refractivity contribution in [3.05, 3.63) is 53.8 Å². The first-order valence-corrected chi connectivity index (χ1v) is 6.80. The molecule has 0 spiro atoms. The maximum Gasteiger partial charge on any atom is 0.132 e. The Bertz CT molecular complexity index is 572. The summed E-state index contributed by atoms with van der Waals surface area (Å²) in [6.45, 7) is 1.78. The van der Waals surface area contributed by atoms with E-state index in [4.69, 9.17) is 10.5 Å². The number of hydrogen-bond donors (Lipinski definition) is 1. The summed E-state index contributed by atoms with van der Waals surface area (Å²) in [5.41, 5.74) is 6.40. The van der Waals surface area contributed by atoms with Crippen LogP contribution in [0.1, 0.15) is 18.5 Å². The number of halogens is 1. The average Bonchev–Trinajstić information content (AvgIpc) is 2.39. The Morgan fingerprint density at radius 2 is 1.79 bits per heavy atom. The number of nitrogens with two attached hydrogens (primary N) is 1. The van der Waals surface area contributed by atoms with E-state index in [0.717, 1.165) is 15.5 Å². The number of rotatable bonds is 4. The second-order valence-corrected chi connectivity index (χ2v) is 5.28. The van der Waals surface area contributed by atoms with Crippen molar-refractivity contribution in [1.82, 2.24) is 0 Å². The van der Waals surface area contributed by atoms with Crippen LogP contribution in [0.4, 0.5) is 4.39 Å². The molecular weight excluding hydrogens is 261 g/mol. The van der Waals surface area contributed by atoms with Crippen molar-refractivity contribution in [3.63, 3.8) is 0 Å². The SMILES string of the molecule is COc1ccccc1Sc1cccc(F)c1[C@H](C)N. The van der Waals surface area contributed by atoms with Crippen LogP contribution < -0.4 is 10.5 Å². The summed E-state index contributed by atoms with van der Waals surface area (Å²) in [4.78, 5) is 1.76. The van der Waals surface area contributed by atoms with Crippen LogP contribution in [0.15, 0.2) is 52.3 Å². The van der Waals surface area contributed by atoms with Crippen LogP contribution in [0, 0.1) is 5.82 Å². The maximum absolute atomic E-state index is 13.9. The van der Waals surface area contributed by atoms with Crippen molar-refractivity contribution >= 4 is 11.8 Å². The minimum atomic E-state index is -0.349. The zero-order valence-corrected chi connectivity index (χ0v) is 11.7. The molecule has 19 heavy (non-hydrogen) atoms. The third kappa shape index (κ3) is 3.08. The van der Waals surface area contributed by atoms with Crippen LogP contribution in [0.5, 0.6) is 5.75 Å². The van der Waals surface area contributed by atoms with Gasteiger partial charge in [-0.2, -0.15) is 0 Å². The Labute approximate surface area is 116 Å². The van der Waals surface area contributed by atoms with Gasteiger partial charge in [0.05, 0.1) is 12.0 Å². The smallest absolute Gasteiger partial charge is 0.132 e. The standard InChI is InChI=1S/C15H16FNOS/c1-10(17)15-11(16)6-5-9-14(15)19-13-8-4-3-7-12(13)18-2/h3-10H,17H2,1-2H3/t10-/m0/s1. The summed E-state index contributed by atoms with van der Waals surface area (Å²) >= 11 is 1.46. The number of methoxy groups -OCH3 is 1. The first-order valence-electron chi connectivity index (χ1n) is 5.98. The Morgan fingerprint density at radius 1 is 1.11 bits per heavy atom. The molecular formula is C15H16FNOS. The van der Waals surface area contributed by atoms with E-state index in [1.165, 1.54) is 17.8 Å².